The van der Waals surface area contributed by atoms with Crippen LogP contribution >= 0.6 is 0 Å². The predicted octanol–water partition coefficient (Wildman–Crippen LogP) is 0.549. The van der Waals surface area contributed by atoms with Crippen LogP contribution < -0.4 is 10.6 Å². The Bertz CT molecular complexity index is 514. The maximum atomic E-state index is 12.0. The third kappa shape index (κ3) is 1.29. The lowest BCUT2D eigenvalue weighted by atomic mass is 9.75. The van der Waals surface area contributed by atoms with Gasteiger partial charge in [0.1, 0.15) is 5.54 Å². The van der Waals surface area contributed by atoms with Crippen molar-refractivity contribution in [3.8, 4) is 0 Å². The van der Waals surface area contributed by atoms with Gasteiger partial charge in [-0.1, -0.05) is 24.3 Å². The van der Waals surface area contributed by atoms with Crippen LogP contribution in [0.15, 0.2) is 24.3 Å². The van der Waals surface area contributed by atoms with Crippen LogP contribution in [0.1, 0.15) is 30.1 Å². The van der Waals surface area contributed by atoms with Crippen LogP contribution in [-0.2, 0) is 10.3 Å². The Kier molecular flexibility index (Phi) is 2.00. The van der Waals surface area contributed by atoms with E-state index in [9.17, 15) is 14.7 Å². The molecule has 88 valence electrons. The molecule has 2 aliphatic rings. The highest BCUT2D eigenvalue weighted by molar-refractivity contribution is 6.07. The zero-order chi connectivity index (χ0) is 12.0. The minimum absolute atomic E-state index is 0.332. The topological polar surface area (TPSA) is 78.4 Å². The molecule has 1 aromatic rings. The van der Waals surface area contributed by atoms with Gasteiger partial charge in [0, 0.05) is 0 Å². The first-order chi connectivity index (χ1) is 8.13. The molecule has 1 spiro atoms. The van der Waals surface area contributed by atoms with Crippen LogP contribution in [0.3, 0.4) is 0 Å². The fourth-order valence-corrected chi connectivity index (χ4v) is 2.68. The Morgan fingerprint density at radius 3 is 2.76 bits per heavy atom. The maximum absolute atomic E-state index is 12.0. The number of hydrogen-bond acceptors (Lipinski definition) is 3. The molecule has 1 aromatic carbocycles. The van der Waals surface area contributed by atoms with Crippen molar-refractivity contribution >= 4 is 11.9 Å². The van der Waals surface area contributed by atoms with E-state index in [1.807, 2.05) is 6.07 Å². The lowest BCUT2D eigenvalue weighted by Gasteiger charge is -2.35. The monoisotopic (exact) mass is 232 g/mol. The molecule has 0 unspecified atom stereocenters. The minimum Gasteiger partial charge on any atom is -0.388 e. The normalized spacial score (nSPS) is 31.0. The van der Waals surface area contributed by atoms with Gasteiger partial charge in [0.05, 0.1) is 6.10 Å². The standard InChI is InChI=1S/C12H12N2O3/c15-9-5-6-12(10(16)13-11(17)14-12)8-4-2-1-3-7(8)9/h1-4,9,15H,5-6H2,(H2,13,14,16,17)/t9-,12+/m0/s1. The molecular weight excluding hydrogens is 220 g/mol. The lowest BCUT2D eigenvalue weighted by molar-refractivity contribution is -0.125. The van der Waals surface area contributed by atoms with E-state index in [0.29, 0.717) is 18.4 Å². The van der Waals surface area contributed by atoms with Gasteiger partial charge in [-0.2, -0.15) is 0 Å². The van der Waals surface area contributed by atoms with Gasteiger partial charge in [-0.25, -0.2) is 4.79 Å². The van der Waals surface area contributed by atoms with Gasteiger partial charge < -0.3 is 10.4 Å². The number of carbonyl (C=O) groups excluding carboxylic acids is 2. The summed E-state index contributed by atoms with van der Waals surface area (Å²) in [5.41, 5.74) is 0.422. The number of carbonyl (C=O) groups is 2. The second kappa shape index (κ2) is 3.30. The highest BCUT2D eigenvalue weighted by atomic mass is 16.3. The molecule has 1 heterocycles. The molecule has 2 atom stereocenters. The van der Waals surface area contributed by atoms with Crippen molar-refractivity contribution in [1.29, 1.82) is 0 Å². The van der Waals surface area contributed by atoms with Crippen molar-refractivity contribution in [3.63, 3.8) is 0 Å². The van der Waals surface area contributed by atoms with Crippen molar-refractivity contribution < 1.29 is 14.7 Å². The molecule has 3 amide bonds. The van der Waals surface area contributed by atoms with Crippen molar-refractivity contribution in [2.75, 3.05) is 0 Å². The first-order valence-electron chi connectivity index (χ1n) is 5.54. The number of rotatable bonds is 0. The summed E-state index contributed by atoms with van der Waals surface area (Å²) in [5, 5.41) is 14.9. The molecule has 5 nitrogen and oxygen atoms in total. The molecule has 1 fully saturated rings. The third-order valence-electron chi connectivity index (χ3n) is 3.51. The molecule has 5 heteroatoms. The lowest BCUT2D eigenvalue weighted by Crippen LogP contribution is -2.46. The molecule has 0 bridgehead atoms. The molecule has 0 aromatic heterocycles. The summed E-state index contributed by atoms with van der Waals surface area (Å²) in [6.07, 6.45) is 0.315. The number of nitrogens with one attached hydrogen (secondary N) is 2. The first kappa shape index (κ1) is 10.3. The van der Waals surface area contributed by atoms with Crippen LogP contribution in [0.2, 0.25) is 0 Å². The van der Waals surface area contributed by atoms with Crippen LogP contribution in [0.25, 0.3) is 0 Å². The average molecular weight is 232 g/mol. The molecule has 0 radical (unpaired) electrons. The van der Waals surface area contributed by atoms with Crippen LogP contribution in [0, 0.1) is 0 Å². The number of urea groups is 1. The number of fused-ring (bicyclic) bond motifs is 2. The van der Waals surface area contributed by atoms with Gasteiger partial charge in [0.25, 0.3) is 5.91 Å². The first-order valence-corrected chi connectivity index (χ1v) is 5.54. The van der Waals surface area contributed by atoms with Gasteiger partial charge in [-0.15, -0.1) is 0 Å². The van der Waals surface area contributed by atoms with Gasteiger partial charge >= 0.3 is 6.03 Å². The summed E-state index contributed by atoms with van der Waals surface area (Å²) in [6, 6.07) is 6.72. The van der Waals surface area contributed by atoms with E-state index in [-0.39, 0.29) is 5.91 Å². The van der Waals surface area contributed by atoms with Gasteiger partial charge in [0.15, 0.2) is 0 Å². The smallest absolute Gasteiger partial charge is 0.322 e. The highest BCUT2D eigenvalue weighted by Gasteiger charge is 2.51. The SMILES string of the molecule is O=C1NC(=O)[C@]2(CC[C@H](O)c3ccccc32)N1. The van der Waals surface area contributed by atoms with Crippen molar-refractivity contribution in [1.82, 2.24) is 10.6 Å². The van der Waals surface area contributed by atoms with Crippen LogP contribution in [0.4, 0.5) is 4.79 Å². The minimum atomic E-state index is -0.993. The summed E-state index contributed by atoms with van der Waals surface area (Å²) < 4.78 is 0. The fraction of sp³-hybridized carbons (Fsp3) is 0.333. The predicted molar refractivity (Wildman–Crippen MR) is 59.0 cm³/mol. The van der Waals surface area contributed by atoms with E-state index in [1.165, 1.54) is 0 Å². The summed E-state index contributed by atoms with van der Waals surface area (Å²) in [5.74, 6) is -0.332. The second-order valence-electron chi connectivity index (χ2n) is 4.46. The highest BCUT2D eigenvalue weighted by Crippen LogP contribution is 2.41. The molecule has 0 saturated carbocycles. The van der Waals surface area contributed by atoms with Gasteiger partial charge in [-0.3, -0.25) is 10.1 Å². The number of aliphatic hydroxyl groups excluding tert-OH is 1. The Labute approximate surface area is 97.8 Å². The molecule has 3 rings (SSSR count). The zero-order valence-electron chi connectivity index (χ0n) is 9.06. The maximum Gasteiger partial charge on any atom is 0.322 e. The number of benzene rings is 1. The molecule has 1 aliphatic heterocycles. The Balaban J connectivity index is 2.18. The molecule has 3 N–H and O–H groups in total. The third-order valence-corrected chi connectivity index (χ3v) is 3.51. The summed E-state index contributed by atoms with van der Waals surface area (Å²) in [4.78, 5) is 23.3. The average Bonchev–Trinajstić information content (AvgIpc) is 2.61. The quantitative estimate of drug-likeness (QED) is 0.571. The van der Waals surface area contributed by atoms with Crippen LogP contribution in [-0.4, -0.2) is 17.0 Å². The van der Waals surface area contributed by atoms with E-state index in [2.05, 4.69) is 10.6 Å². The number of imide groups is 1. The molecular formula is C12H12N2O3. The van der Waals surface area contributed by atoms with Crippen molar-refractivity contribution in [2.45, 2.75) is 24.5 Å². The number of aliphatic hydroxyl groups is 1. The van der Waals surface area contributed by atoms with E-state index in [4.69, 9.17) is 0 Å². The number of amides is 3. The van der Waals surface area contributed by atoms with E-state index in [1.54, 1.807) is 18.2 Å². The molecule has 1 aliphatic carbocycles. The second-order valence-corrected chi connectivity index (χ2v) is 4.46. The molecule has 1 saturated heterocycles. The zero-order valence-corrected chi connectivity index (χ0v) is 9.06. The fourth-order valence-electron chi connectivity index (χ4n) is 2.68. The van der Waals surface area contributed by atoms with E-state index >= 15 is 0 Å². The van der Waals surface area contributed by atoms with Crippen LogP contribution in [0.5, 0.6) is 0 Å². The number of hydrogen-bond donors (Lipinski definition) is 3. The van der Waals surface area contributed by atoms with E-state index < -0.39 is 17.7 Å². The Hall–Kier alpha value is -1.88. The summed E-state index contributed by atoms with van der Waals surface area (Å²) >= 11 is 0. The van der Waals surface area contributed by atoms with Gasteiger partial charge in [-0.05, 0) is 24.0 Å². The largest absolute Gasteiger partial charge is 0.388 e. The Morgan fingerprint density at radius 2 is 2.06 bits per heavy atom. The molecule has 17 heavy (non-hydrogen) atoms. The summed E-state index contributed by atoms with van der Waals surface area (Å²) in [7, 11) is 0. The Morgan fingerprint density at radius 1 is 1.29 bits per heavy atom. The summed E-state index contributed by atoms with van der Waals surface area (Å²) in [6.45, 7) is 0. The van der Waals surface area contributed by atoms with Gasteiger partial charge in [0.2, 0.25) is 0 Å². The van der Waals surface area contributed by atoms with Crippen molar-refractivity contribution in [3.05, 3.63) is 35.4 Å². The van der Waals surface area contributed by atoms with Crippen molar-refractivity contribution in [2.24, 2.45) is 0 Å². The van der Waals surface area contributed by atoms with E-state index in [0.717, 1.165) is 5.56 Å².